The lowest BCUT2D eigenvalue weighted by Gasteiger charge is -2.29. The van der Waals surface area contributed by atoms with Crippen molar-refractivity contribution >= 4 is 5.82 Å². The van der Waals surface area contributed by atoms with Crippen molar-refractivity contribution in [1.82, 2.24) is 4.98 Å². The highest BCUT2D eigenvalue weighted by Crippen LogP contribution is 2.24. The molecular weight excluding hydrogens is 190 g/mol. The molecule has 1 aromatic heterocycles. The summed E-state index contributed by atoms with van der Waals surface area (Å²) in [7, 11) is 0. The summed E-state index contributed by atoms with van der Waals surface area (Å²) in [5, 5.41) is 12.8. The molecule has 1 fully saturated rings. The molecule has 0 radical (unpaired) electrons. The van der Waals surface area contributed by atoms with Crippen molar-refractivity contribution in [3.05, 3.63) is 18.3 Å². The molecule has 2 atom stereocenters. The fraction of sp³-hybridized carbons (Fsp3) is 0.545. The Balaban J connectivity index is 2.04. The summed E-state index contributed by atoms with van der Waals surface area (Å²) in [4.78, 5) is 4.09. The maximum Gasteiger partial charge on any atom is 0.168 e. The minimum absolute atomic E-state index is 0.167. The highest BCUT2D eigenvalue weighted by Gasteiger charge is 2.22. The number of anilines is 1. The fourth-order valence-electron chi connectivity index (χ4n) is 2.02. The standard InChI is InChI=1S/C11H17N3O/c12-8-4-1-2-5-9(8)14-11-10(15)6-3-7-13-11/h3,6-9,15H,1-2,4-5,12H2,(H,13,14)/t8-,9+/m1/s1. The van der Waals surface area contributed by atoms with E-state index in [0.717, 1.165) is 12.8 Å². The molecule has 0 bridgehead atoms. The molecule has 4 nitrogen and oxygen atoms in total. The molecule has 0 unspecified atom stereocenters. The lowest BCUT2D eigenvalue weighted by molar-refractivity contribution is 0.400. The maximum atomic E-state index is 9.56. The lowest BCUT2D eigenvalue weighted by Crippen LogP contribution is -2.42. The molecule has 0 saturated heterocycles. The quantitative estimate of drug-likeness (QED) is 0.686. The third kappa shape index (κ3) is 2.39. The van der Waals surface area contributed by atoms with Crippen LogP contribution in [-0.4, -0.2) is 22.2 Å². The number of hydrogen-bond donors (Lipinski definition) is 3. The predicted octanol–water partition coefficient (Wildman–Crippen LogP) is 1.47. The van der Waals surface area contributed by atoms with E-state index in [9.17, 15) is 5.11 Å². The Hall–Kier alpha value is -1.29. The van der Waals surface area contributed by atoms with E-state index in [2.05, 4.69) is 10.3 Å². The minimum Gasteiger partial charge on any atom is -0.504 e. The van der Waals surface area contributed by atoms with E-state index in [1.807, 2.05) is 0 Å². The second-order valence-corrected chi connectivity index (χ2v) is 4.07. The smallest absolute Gasteiger partial charge is 0.168 e. The average molecular weight is 207 g/mol. The van der Waals surface area contributed by atoms with Gasteiger partial charge in [-0.2, -0.15) is 0 Å². The molecule has 82 valence electrons. The zero-order valence-corrected chi connectivity index (χ0v) is 8.69. The van der Waals surface area contributed by atoms with Crippen LogP contribution >= 0.6 is 0 Å². The summed E-state index contributed by atoms with van der Waals surface area (Å²) < 4.78 is 0. The van der Waals surface area contributed by atoms with Crippen LogP contribution in [0.3, 0.4) is 0 Å². The Bertz CT molecular complexity index is 329. The predicted molar refractivity (Wildman–Crippen MR) is 59.8 cm³/mol. The van der Waals surface area contributed by atoms with E-state index >= 15 is 0 Å². The third-order valence-corrected chi connectivity index (χ3v) is 2.93. The maximum absolute atomic E-state index is 9.56. The number of aromatic nitrogens is 1. The molecule has 0 aliphatic heterocycles. The van der Waals surface area contributed by atoms with Gasteiger partial charge in [-0.25, -0.2) is 4.98 Å². The number of nitrogens with one attached hydrogen (secondary N) is 1. The van der Waals surface area contributed by atoms with E-state index in [4.69, 9.17) is 5.73 Å². The Morgan fingerprint density at radius 3 is 2.93 bits per heavy atom. The SMILES string of the molecule is N[C@@H]1CCCC[C@@H]1Nc1ncccc1O. The van der Waals surface area contributed by atoms with Crippen molar-refractivity contribution in [2.45, 2.75) is 37.8 Å². The molecule has 1 aliphatic carbocycles. The van der Waals surface area contributed by atoms with Crippen LogP contribution in [0.25, 0.3) is 0 Å². The molecule has 1 saturated carbocycles. The topological polar surface area (TPSA) is 71.2 Å². The van der Waals surface area contributed by atoms with E-state index in [0.29, 0.717) is 5.82 Å². The molecule has 1 heterocycles. The number of hydrogen-bond acceptors (Lipinski definition) is 4. The Morgan fingerprint density at radius 1 is 1.40 bits per heavy atom. The Kier molecular flexibility index (Phi) is 3.06. The van der Waals surface area contributed by atoms with Crippen molar-refractivity contribution in [2.24, 2.45) is 5.73 Å². The summed E-state index contributed by atoms with van der Waals surface area (Å²) in [6.07, 6.45) is 6.16. The van der Waals surface area contributed by atoms with Crippen LogP contribution in [-0.2, 0) is 0 Å². The fourth-order valence-corrected chi connectivity index (χ4v) is 2.02. The first kappa shape index (κ1) is 10.2. The third-order valence-electron chi connectivity index (χ3n) is 2.93. The van der Waals surface area contributed by atoms with E-state index in [1.54, 1.807) is 18.3 Å². The number of pyridine rings is 1. The molecule has 0 spiro atoms. The number of nitrogens with zero attached hydrogens (tertiary/aromatic N) is 1. The first-order valence-electron chi connectivity index (χ1n) is 5.43. The van der Waals surface area contributed by atoms with Gasteiger partial charge in [0.25, 0.3) is 0 Å². The van der Waals surface area contributed by atoms with Gasteiger partial charge in [0.2, 0.25) is 0 Å². The lowest BCUT2D eigenvalue weighted by atomic mass is 9.91. The average Bonchev–Trinajstić information content (AvgIpc) is 2.24. The van der Waals surface area contributed by atoms with Gasteiger partial charge in [-0.05, 0) is 25.0 Å². The number of rotatable bonds is 2. The van der Waals surface area contributed by atoms with Crippen molar-refractivity contribution in [3.63, 3.8) is 0 Å². The second-order valence-electron chi connectivity index (χ2n) is 4.07. The van der Waals surface area contributed by atoms with E-state index in [-0.39, 0.29) is 17.8 Å². The van der Waals surface area contributed by atoms with Crippen LogP contribution in [0.4, 0.5) is 5.82 Å². The summed E-state index contributed by atoms with van der Waals surface area (Å²) in [6.45, 7) is 0. The summed E-state index contributed by atoms with van der Waals surface area (Å²) in [5.74, 6) is 0.732. The van der Waals surface area contributed by atoms with Gasteiger partial charge in [0.05, 0.1) is 0 Å². The second kappa shape index (κ2) is 4.49. The van der Waals surface area contributed by atoms with Gasteiger partial charge in [0, 0.05) is 18.3 Å². The normalized spacial score (nSPS) is 26.2. The molecule has 1 aromatic rings. The number of aromatic hydroxyl groups is 1. The summed E-state index contributed by atoms with van der Waals surface area (Å²) >= 11 is 0. The van der Waals surface area contributed by atoms with Crippen LogP contribution in [0.1, 0.15) is 25.7 Å². The highest BCUT2D eigenvalue weighted by atomic mass is 16.3. The van der Waals surface area contributed by atoms with E-state index in [1.165, 1.54) is 12.8 Å². The monoisotopic (exact) mass is 207 g/mol. The molecule has 4 N–H and O–H groups in total. The Labute approximate surface area is 89.5 Å². The zero-order valence-electron chi connectivity index (χ0n) is 8.69. The van der Waals surface area contributed by atoms with Crippen LogP contribution in [0, 0.1) is 0 Å². The summed E-state index contributed by atoms with van der Waals surface area (Å²) in [6, 6.07) is 3.74. The van der Waals surface area contributed by atoms with Gasteiger partial charge < -0.3 is 16.2 Å². The molecule has 0 aromatic carbocycles. The molecule has 0 amide bonds. The molecule has 15 heavy (non-hydrogen) atoms. The van der Waals surface area contributed by atoms with Crippen molar-refractivity contribution in [3.8, 4) is 5.75 Å². The van der Waals surface area contributed by atoms with Gasteiger partial charge in [0.15, 0.2) is 11.6 Å². The first-order valence-corrected chi connectivity index (χ1v) is 5.43. The highest BCUT2D eigenvalue weighted by molar-refractivity contribution is 5.49. The largest absolute Gasteiger partial charge is 0.504 e. The van der Waals surface area contributed by atoms with Crippen LogP contribution < -0.4 is 11.1 Å². The van der Waals surface area contributed by atoms with Gasteiger partial charge in [-0.15, -0.1) is 0 Å². The van der Waals surface area contributed by atoms with Gasteiger partial charge in [0.1, 0.15) is 0 Å². The van der Waals surface area contributed by atoms with Crippen molar-refractivity contribution in [1.29, 1.82) is 0 Å². The minimum atomic E-state index is 0.167. The van der Waals surface area contributed by atoms with Crippen LogP contribution in [0.2, 0.25) is 0 Å². The summed E-state index contributed by atoms with van der Waals surface area (Å²) in [5.41, 5.74) is 6.00. The Morgan fingerprint density at radius 2 is 2.20 bits per heavy atom. The van der Waals surface area contributed by atoms with Crippen molar-refractivity contribution < 1.29 is 5.11 Å². The molecule has 1 aliphatic rings. The molecular formula is C11H17N3O. The zero-order chi connectivity index (χ0) is 10.7. The number of nitrogens with two attached hydrogens (primary N) is 1. The first-order chi connectivity index (χ1) is 7.27. The van der Waals surface area contributed by atoms with E-state index < -0.39 is 0 Å². The van der Waals surface area contributed by atoms with Crippen LogP contribution in [0.15, 0.2) is 18.3 Å². The van der Waals surface area contributed by atoms with Gasteiger partial charge >= 0.3 is 0 Å². The van der Waals surface area contributed by atoms with Crippen molar-refractivity contribution in [2.75, 3.05) is 5.32 Å². The van der Waals surface area contributed by atoms with Gasteiger partial charge in [-0.3, -0.25) is 0 Å². The molecule has 4 heteroatoms. The van der Waals surface area contributed by atoms with Gasteiger partial charge in [-0.1, -0.05) is 12.8 Å². The van der Waals surface area contributed by atoms with Crippen LogP contribution in [0.5, 0.6) is 5.75 Å². The molecule has 2 rings (SSSR count).